The predicted octanol–water partition coefficient (Wildman–Crippen LogP) is 5.28. The quantitative estimate of drug-likeness (QED) is 0.0601. The summed E-state index contributed by atoms with van der Waals surface area (Å²) in [6, 6.07) is 25.0. The van der Waals surface area contributed by atoms with Gasteiger partial charge in [-0.15, -0.1) is 0 Å². The largest absolute Gasteiger partial charge is 0.463 e. The van der Waals surface area contributed by atoms with Crippen molar-refractivity contribution in [3.05, 3.63) is 107 Å². The Kier molecular flexibility index (Phi) is 15.4. The first kappa shape index (κ1) is 44.3. The number of aliphatic hydroxyl groups excluding tert-OH is 1. The van der Waals surface area contributed by atoms with E-state index in [-0.39, 0.29) is 36.6 Å². The van der Waals surface area contributed by atoms with E-state index in [1.807, 2.05) is 60.7 Å². The van der Waals surface area contributed by atoms with Crippen LogP contribution in [0.4, 0.5) is 5.69 Å². The van der Waals surface area contributed by atoms with E-state index in [9.17, 15) is 24.3 Å². The molecule has 16 nitrogen and oxygen atoms in total. The van der Waals surface area contributed by atoms with Crippen molar-refractivity contribution in [2.24, 2.45) is 0 Å². The molecule has 9 atom stereocenters. The van der Waals surface area contributed by atoms with Gasteiger partial charge in [0.2, 0.25) is 0 Å². The second-order valence-electron chi connectivity index (χ2n) is 14.1. The molecule has 2 saturated heterocycles. The van der Waals surface area contributed by atoms with Crippen molar-refractivity contribution in [1.82, 2.24) is 15.2 Å². The number of benzene rings is 3. The summed E-state index contributed by atoms with van der Waals surface area (Å²) >= 11 is 7.29. The molecule has 2 aliphatic rings. The molecule has 2 fully saturated rings. The molecule has 18 heteroatoms. The zero-order valence-corrected chi connectivity index (χ0v) is 34.9. The Morgan fingerprint density at radius 3 is 2.07 bits per heavy atom. The number of thioether (sulfide) groups is 1. The number of aromatic nitrogens is 3. The summed E-state index contributed by atoms with van der Waals surface area (Å²) in [5.41, 5.74) is 3.97. The zero-order chi connectivity index (χ0) is 42.8. The van der Waals surface area contributed by atoms with Crippen molar-refractivity contribution >= 4 is 58.5 Å². The Balaban J connectivity index is 1.26. The van der Waals surface area contributed by atoms with E-state index in [0.29, 0.717) is 22.2 Å². The molecular weight excluding hydrogens is 817 g/mol. The number of nitrogens with zero attached hydrogens (tertiary/aromatic N) is 2. The second kappa shape index (κ2) is 20.8. The summed E-state index contributed by atoms with van der Waals surface area (Å²) in [5.74, 6) is -2.50. The van der Waals surface area contributed by atoms with Gasteiger partial charge in [-0.3, -0.25) is 24.3 Å². The van der Waals surface area contributed by atoms with Gasteiger partial charge in [-0.05, 0) is 28.8 Å². The Morgan fingerprint density at radius 2 is 1.43 bits per heavy atom. The fraction of sp³-hybridized carbons (Fsp3) is 0.405. The van der Waals surface area contributed by atoms with Crippen LogP contribution in [-0.2, 0) is 58.9 Å². The van der Waals surface area contributed by atoms with Gasteiger partial charge in [0.25, 0.3) is 0 Å². The van der Waals surface area contributed by atoms with Crippen LogP contribution in [-0.4, -0.2) is 98.1 Å². The Morgan fingerprint density at radius 1 is 0.767 bits per heavy atom. The molecule has 318 valence electrons. The molecule has 3 aromatic carbocycles. The summed E-state index contributed by atoms with van der Waals surface area (Å²) in [6.07, 6.45) is -6.25. The van der Waals surface area contributed by atoms with Gasteiger partial charge in [-0.1, -0.05) is 90.7 Å². The maximum atomic E-state index is 12.4. The number of anilines is 1. The highest BCUT2D eigenvalue weighted by Gasteiger charge is 2.52. The molecule has 2 aliphatic heterocycles. The summed E-state index contributed by atoms with van der Waals surface area (Å²) in [4.78, 5) is 53.1. The molecule has 0 spiro atoms. The van der Waals surface area contributed by atoms with Gasteiger partial charge in [0, 0.05) is 57.0 Å². The number of thiocarbonyl (C=S) groups is 1. The van der Waals surface area contributed by atoms with Crippen LogP contribution < -0.4 is 5.32 Å². The van der Waals surface area contributed by atoms with E-state index in [1.54, 1.807) is 6.07 Å². The minimum absolute atomic E-state index is 0.0549. The zero-order valence-electron chi connectivity index (χ0n) is 33.3. The first-order valence-corrected chi connectivity index (χ1v) is 20.5. The lowest BCUT2D eigenvalue weighted by molar-refractivity contribution is -0.255. The van der Waals surface area contributed by atoms with Crippen molar-refractivity contribution in [2.45, 2.75) is 101 Å². The van der Waals surface area contributed by atoms with Gasteiger partial charge in [-0.25, -0.2) is 4.98 Å². The van der Waals surface area contributed by atoms with Crippen molar-refractivity contribution in [2.75, 3.05) is 17.7 Å². The molecule has 9 unspecified atom stereocenters. The Bertz CT molecular complexity index is 2090. The highest BCUT2D eigenvalue weighted by molar-refractivity contribution is 7.99. The number of carbonyl (C=O) groups is 4. The standard InChI is InChI=1S/C42H46N4O12S2/c1-23(48)52-20-33-39(54-25(3)50)40(55-26(4)51)38(53-24(2)49)32(56-33)18-35(59)45-31-12-8-11-30(17-31)41-57-34(21-60-42-43-22-44-46-42)36(28-9-6-5-7-10-28)37(58-41)29-15-13-27(19-47)14-16-29/h5-17,22,32-34,36-41,47H,18-21H2,1-4H3,(H,45,59)(H,43,44,46). The predicted molar refractivity (Wildman–Crippen MR) is 219 cm³/mol. The van der Waals surface area contributed by atoms with Gasteiger partial charge >= 0.3 is 23.9 Å². The number of rotatable bonds is 15. The maximum Gasteiger partial charge on any atom is 0.303 e. The van der Waals surface area contributed by atoms with Crippen LogP contribution in [0.5, 0.6) is 0 Å². The lowest BCUT2D eigenvalue weighted by atomic mass is 9.84. The second-order valence-corrected chi connectivity index (χ2v) is 15.6. The van der Waals surface area contributed by atoms with Crippen LogP contribution in [0.3, 0.4) is 0 Å². The number of ether oxygens (including phenoxy) is 7. The summed E-state index contributed by atoms with van der Waals surface area (Å²) in [5, 5.41) is 20.5. The van der Waals surface area contributed by atoms with E-state index in [1.165, 1.54) is 31.9 Å². The van der Waals surface area contributed by atoms with Crippen molar-refractivity contribution in [1.29, 1.82) is 0 Å². The normalized spacial score (nSPS) is 25.1. The average molecular weight is 863 g/mol. The highest BCUT2D eigenvalue weighted by Crippen LogP contribution is 2.48. The topological polar surface area (TPSA) is 207 Å². The first-order valence-electron chi connectivity index (χ1n) is 19.1. The fourth-order valence-electron chi connectivity index (χ4n) is 7.22. The lowest BCUT2D eigenvalue weighted by Gasteiger charge is -2.44. The summed E-state index contributed by atoms with van der Waals surface area (Å²) < 4.78 is 41.8. The van der Waals surface area contributed by atoms with Crippen LogP contribution >= 0.6 is 24.0 Å². The molecule has 0 amide bonds. The van der Waals surface area contributed by atoms with E-state index in [2.05, 4.69) is 32.6 Å². The fourth-order valence-corrected chi connectivity index (χ4v) is 8.35. The summed E-state index contributed by atoms with van der Waals surface area (Å²) in [6.45, 7) is 4.26. The number of hydrogen-bond donors (Lipinski definition) is 3. The monoisotopic (exact) mass is 862 g/mol. The number of hydrogen-bond acceptors (Lipinski definition) is 16. The molecule has 3 heterocycles. The smallest absolute Gasteiger partial charge is 0.303 e. The molecule has 0 aliphatic carbocycles. The van der Waals surface area contributed by atoms with Crippen molar-refractivity contribution in [3.63, 3.8) is 0 Å². The van der Waals surface area contributed by atoms with Gasteiger partial charge in [-0.2, -0.15) is 5.10 Å². The molecule has 3 N–H and O–H groups in total. The van der Waals surface area contributed by atoms with Crippen LogP contribution in [0.15, 0.2) is 90.3 Å². The molecular formula is C42H46N4O12S2. The number of H-pyrrole nitrogens is 1. The van der Waals surface area contributed by atoms with E-state index >= 15 is 0 Å². The minimum atomic E-state index is -1.32. The van der Waals surface area contributed by atoms with E-state index in [0.717, 1.165) is 30.5 Å². The Labute approximate surface area is 356 Å². The summed E-state index contributed by atoms with van der Waals surface area (Å²) in [7, 11) is 0. The van der Waals surface area contributed by atoms with Crippen LogP contribution in [0.1, 0.15) is 74.7 Å². The van der Waals surface area contributed by atoms with Crippen molar-refractivity contribution < 1.29 is 57.4 Å². The van der Waals surface area contributed by atoms with Gasteiger partial charge < -0.3 is 43.6 Å². The number of aliphatic hydroxyl groups is 1. The van der Waals surface area contributed by atoms with E-state index < -0.39 is 66.8 Å². The number of esters is 4. The third-order valence-corrected chi connectivity index (χ3v) is 10.9. The van der Waals surface area contributed by atoms with E-state index in [4.69, 9.17) is 45.4 Å². The van der Waals surface area contributed by atoms with Crippen LogP contribution in [0.25, 0.3) is 0 Å². The number of nitrogens with one attached hydrogen (secondary N) is 2. The Hall–Kier alpha value is -5.24. The van der Waals surface area contributed by atoms with Gasteiger partial charge in [0.05, 0.1) is 23.8 Å². The number of aromatic amines is 1. The average Bonchev–Trinajstić information content (AvgIpc) is 3.75. The maximum absolute atomic E-state index is 12.4. The van der Waals surface area contributed by atoms with Crippen LogP contribution in [0, 0.1) is 0 Å². The molecule has 0 bridgehead atoms. The molecule has 60 heavy (non-hydrogen) atoms. The molecule has 0 radical (unpaired) electrons. The molecule has 0 saturated carbocycles. The minimum Gasteiger partial charge on any atom is -0.463 e. The van der Waals surface area contributed by atoms with Gasteiger partial charge in [0.15, 0.2) is 29.8 Å². The van der Waals surface area contributed by atoms with Gasteiger partial charge in [0.1, 0.15) is 25.1 Å². The van der Waals surface area contributed by atoms with Crippen molar-refractivity contribution in [3.8, 4) is 0 Å². The molecule has 6 rings (SSSR count). The lowest BCUT2D eigenvalue weighted by Crippen LogP contribution is -2.62. The first-order chi connectivity index (χ1) is 28.9. The van der Waals surface area contributed by atoms with Crippen LogP contribution in [0.2, 0.25) is 0 Å². The highest BCUT2D eigenvalue weighted by atomic mass is 32.2. The third-order valence-electron chi connectivity index (χ3n) is 9.66. The molecule has 4 aromatic rings. The number of carbonyl (C=O) groups excluding carboxylic acids is 4. The SMILES string of the molecule is CC(=O)OCC1OC(CC(=S)Nc2cccc(C3OC(CSc4ncn[nH]4)C(c4ccccc4)C(c4ccc(CO)cc4)O3)c2)C(OC(C)=O)C(OC(C)=O)C1OC(C)=O. The molecule has 1 aromatic heterocycles. The third kappa shape index (κ3) is 11.7.